The van der Waals surface area contributed by atoms with Crippen LogP contribution in [0.4, 0.5) is 4.39 Å². The molecule has 1 unspecified atom stereocenters. The van der Waals surface area contributed by atoms with Crippen LogP contribution in [0.5, 0.6) is 0 Å². The molecule has 21 heavy (non-hydrogen) atoms. The highest BCUT2D eigenvalue weighted by Gasteiger charge is 2.36. The summed E-state index contributed by atoms with van der Waals surface area (Å²) in [5, 5.41) is 3.34. The Bertz CT molecular complexity index is 553. The molecule has 1 atom stereocenters. The Morgan fingerprint density at radius 3 is 2.38 bits per heavy atom. The lowest BCUT2D eigenvalue weighted by Crippen LogP contribution is -2.32. The van der Waals surface area contributed by atoms with Gasteiger partial charge in [0.05, 0.1) is 6.61 Å². The van der Waals surface area contributed by atoms with Crippen LogP contribution in [0.15, 0.2) is 54.6 Å². The van der Waals surface area contributed by atoms with Crippen LogP contribution in [0.2, 0.25) is 0 Å². The molecule has 2 aromatic carbocycles. The fraction of sp³-hybridized carbons (Fsp3) is 0.294. The molecule has 1 heterocycles. The van der Waals surface area contributed by atoms with E-state index in [-0.39, 0.29) is 23.8 Å². The third kappa shape index (κ3) is 3.62. The van der Waals surface area contributed by atoms with Gasteiger partial charge in [0, 0.05) is 6.54 Å². The Balaban J connectivity index is 0.00000161. The zero-order valence-electron chi connectivity index (χ0n) is 11.7. The number of halogens is 2. The summed E-state index contributed by atoms with van der Waals surface area (Å²) >= 11 is 0. The van der Waals surface area contributed by atoms with Crippen molar-refractivity contribution in [2.75, 3.05) is 13.1 Å². The third-order valence-electron chi connectivity index (χ3n) is 3.84. The predicted molar refractivity (Wildman–Crippen MR) is 84.0 cm³/mol. The van der Waals surface area contributed by atoms with E-state index in [1.165, 1.54) is 12.1 Å². The summed E-state index contributed by atoms with van der Waals surface area (Å²) in [6, 6.07) is 16.8. The molecule has 0 saturated carbocycles. The van der Waals surface area contributed by atoms with Gasteiger partial charge in [0.2, 0.25) is 0 Å². The molecule has 0 aliphatic carbocycles. The van der Waals surface area contributed by atoms with Crippen molar-refractivity contribution in [1.29, 1.82) is 0 Å². The van der Waals surface area contributed by atoms with Crippen LogP contribution in [0, 0.1) is 5.82 Å². The highest BCUT2D eigenvalue weighted by atomic mass is 35.5. The first kappa shape index (κ1) is 16.0. The molecule has 1 fully saturated rings. The van der Waals surface area contributed by atoms with Crippen molar-refractivity contribution >= 4 is 12.4 Å². The van der Waals surface area contributed by atoms with Gasteiger partial charge in [-0.25, -0.2) is 4.39 Å². The van der Waals surface area contributed by atoms with Gasteiger partial charge in [0.25, 0.3) is 0 Å². The first-order valence-corrected chi connectivity index (χ1v) is 6.93. The topological polar surface area (TPSA) is 21.3 Å². The summed E-state index contributed by atoms with van der Waals surface area (Å²) < 4.78 is 19.3. The van der Waals surface area contributed by atoms with Crippen molar-refractivity contribution in [1.82, 2.24) is 5.32 Å². The molecule has 1 aliphatic rings. The van der Waals surface area contributed by atoms with Crippen LogP contribution >= 0.6 is 12.4 Å². The average Bonchev–Trinajstić information content (AvgIpc) is 2.97. The predicted octanol–water partition coefficient (Wildman–Crippen LogP) is 3.65. The summed E-state index contributed by atoms with van der Waals surface area (Å²) in [5.41, 5.74) is 1.85. The van der Waals surface area contributed by atoms with Gasteiger partial charge < -0.3 is 10.1 Å². The Morgan fingerprint density at radius 1 is 1.05 bits per heavy atom. The van der Waals surface area contributed by atoms with E-state index in [1.54, 1.807) is 0 Å². The summed E-state index contributed by atoms with van der Waals surface area (Å²) in [6.45, 7) is 2.26. The van der Waals surface area contributed by atoms with Crippen LogP contribution in [0.25, 0.3) is 0 Å². The summed E-state index contributed by atoms with van der Waals surface area (Å²) in [6.07, 6.45) is 0.908. The van der Waals surface area contributed by atoms with Gasteiger partial charge in [-0.05, 0) is 36.2 Å². The van der Waals surface area contributed by atoms with E-state index in [0.717, 1.165) is 30.6 Å². The van der Waals surface area contributed by atoms with Gasteiger partial charge >= 0.3 is 0 Å². The van der Waals surface area contributed by atoms with E-state index in [4.69, 9.17) is 4.74 Å². The van der Waals surface area contributed by atoms with Gasteiger partial charge in [-0.3, -0.25) is 0 Å². The molecule has 0 amide bonds. The normalized spacial score (nSPS) is 21.0. The van der Waals surface area contributed by atoms with E-state index in [2.05, 4.69) is 17.4 Å². The maximum absolute atomic E-state index is 13.1. The van der Waals surface area contributed by atoms with Crippen LogP contribution in [-0.4, -0.2) is 13.1 Å². The van der Waals surface area contributed by atoms with Gasteiger partial charge in [-0.15, -0.1) is 12.4 Å². The van der Waals surface area contributed by atoms with E-state index in [9.17, 15) is 4.39 Å². The average molecular weight is 308 g/mol. The van der Waals surface area contributed by atoms with Crippen molar-refractivity contribution < 1.29 is 9.13 Å². The number of benzene rings is 2. The number of hydrogen-bond acceptors (Lipinski definition) is 2. The van der Waals surface area contributed by atoms with E-state index in [1.807, 2.05) is 30.3 Å². The second kappa shape index (κ2) is 7.03. The maximum atomic E-state index is 13.1. The van der Waals surface area contributed by atoms with Gasteiger partial charge in [0.15, 0.2) is 0 Å². The minimum Gasteiger partial charge on any atom is -0.364 e. The van der Waals surface area contributed by atoms with Gasteiger partial charge in [-0.1, -0.05) is 42.5 Å². The molecule has 3 rings (SSSR count). The number of nitrogens with one attached hydrogen (secondary N) is 1. The minimum absolute atomic E-state index is 0. The SMILES string of the molecule is Cl.Fc1ccc(C2(OCc3ccccc3)CCNC2)cc1. The highest BCUT2D eigenvalue weighted by molar-refractivity contribution is 5.85. The summed E-state index contributed by atoms with van der Waals surface area (Å²) in [4.78, 5) is 0. The molecule has 0 spiro atoms. The number of rotatable bonds is 4. The van der Waals surface area contributed by atoms with E-state index in [0.29, 0.717) is 6.61 Å². The molecule has 0 bridgehead atoms. The second-order valence-electron chi connectivity index (χ2n) is 5.20. The van der Waals surface area contributed by atoms with E-state index < -0.39 is 0 Å². The molecule has 0 radical (unpaired) electrons. The molecule has 2 nitrogen and oxygen atoms in total. The Labute approximate surface area is 130 Å². The zero-order chi connectivity index (χ0) is 13.8. The monoisotopic (exact) mass is 307 g/mol. The van der Waals surface area contributed by atoms with Crippen molar-refractivity contribution in [3.63, 3.8) is 0 Å². The fourth-order valence-electron chi connectivity index (χ4n) is 2.67. The van der Waals surface area contributed by atoms with Gasteiger partial charge in [0.1, 0.15) is 11.4 Å². The van der Waals surface area contributed by atoms with Gasteiger partial charge in [-0.2, -0.15) is 0 Å². The molecular weight excluding hydrogens is 289 g/mol. The maximum Gasteiger partial charge on any atom is 0.123 e. The fourth-order valence-corrected chi connectivity index (χ4v) is 2.67. The molecular formula is C17H19ClFNO. The van der Waals surface area contributed by atoms with Crippen LogP contribution < -0.4 is 5.32 Å². The smallest absolute Gasteiger partial charge is 0.123 e. The Kier molecular flexibility index (Phi) is 5.34. The lowest BCUT2D eigenvalue weighted by molar-refractivity contribution is -0.0470. The largest absolute Gasteiger partial charge is 0.364 e. The molecule has 1 aliphatic heterocycles. The Morgan fingerprint density at radius 2 is 1.76 bits per heavy atom. The third-order valence-corrected chi connectivity index (χ3v) is 3.84. The van der Waals surface area contributed by atoms with Crippen molar-refractivity contribution in [2.24, 2.45) is 0 Å². The van der Waals surface area contributed by atoms with Crippen LogP contribution in [0.3, 0.4) is 0 Å². The summed E-state index contributed by atoms with van der Waals surface area (Å²) in [5.74, 6) is -0.210. The van der Waals surface area contributed by atoms with E-state index >= 15 is 0 Å². The number of hydrogen-bond donors (Lipinski definition) is 1. The molecule has 4 heteroatoms. The molecule has 2 aromatic rings. The van der Waals surface area contributed by atoms with Crippen molar-refractivity contribution in [3.05, 3.63) is 71.5 Å². The first-order valence-electron chi connectivity index (χ1n) is 6.93. The lowest BCUT2D eigenvalue weighted by Gasteiger charge is -2.29. The molecule has 1 saturated heterocycles. The zero-order valence-corrected chi connectivity index (χ0v) is 12.5. The minimum atomic E-state index is -0.344. The molecule has 1 N–H and O–H groups in total. The van der Waals surface area contributed by atoms with Crippen LogP contribution in [0.1, 0.15) is 17.5 Å². The Hall–Kier alpha value is -1.42. The number of ether oxygens (including phenoxy) is 1. The summed E-state index contributed by atoms with van der Waals surface area (Å²) in [7, 11) is 0. The first-order chi connectivity index (χ1) is 9.78. The van der Waals surface area contributed by atoms with Crippen molar-refractivity contribution in [3.8, 4) is 0 Å². The standard InChI is InChI=1S/C17H18FNO.ClH/c18-16-8-6-15(7-9-16)17(10-11-19-13-17)20-12-14-4-2-1-3-5-14;/h1-9,19H,10-13H2;1H. The lowest BCUT2D eigenvalue weighted by atomic mass is 9.92. The highest BCUT2D eigenvalue weighted by Crippen LogP contribution is 2.33. The van der Waals surface area contributed by atoms with Crippen molar-refractivity contribution in [2.45, 2.75) is 18.6 Å². The quantitative estimate of drug-likeness (QED) is 0.931. The second-order valence-corrected chi connectivity index (χ2v) is 5.20. The van der Waals surface area contributed by atoms with Crippen LogP contribution in [-0.2, 0) is 16.9 Å². The molecule has 112 valence electrons. The molecule has 0 aromatic heterocycles.